The summed E-state index contributed by atoms with van der Waals surface area (Å²) in [5.41, 5.74) is 0. The predicted molar refractivity (Wildman–Crippen MR) is 76.9 cm³/mol. The van der Waals surface area contributed by atoms with Gasteiger partial charge in [-0.2, -0.15) is 0 Å². The number of likely N-dealkylation sites (N-methyl/N-ethyl adjacent to an activating group) is 1. The Kier molecular flexibility index (Phi) is 7.52. The average molecular weight is 254 g/mol. The van der Waals surface area contributed by atoms with Gasteiger partial charge in [0.25, 0.3) is 0 Å². The fourth-order valence-electron chi connectivity index (χ4n) is 2.92. The summed E-state index contributed by atoms with van der Waals surface area (Å²) in [4.78, 5) is 16.8. The van der Waals surface area contributed by atoms with Crippen molar-refractivity contribution in [3.8, 4) is 0 Å². The Balaban J connectivity index is 2.34. The fourth-order valence-corrected chi connectivity index (χ4v) is 2.92. The molecule has 1 aliphatic rings. The first kappa shape index (κ1) is 15.6. The molecule has 1 atom stereocenters. The van der Waals surface area contributed by atoms with E-state index in [9.17, 15) is 4.79 Å². The Labute approximate surface area is 113 Å². The average Bonchev–Trinajstić information content (AvgIpc) is 2.40. The molecule has 1 rings (SSSR count). The zero-order valence-electron chi connectivity index (χ0n) is 12.5. The molecule has 3 nitrogen and oxygen atoms in total. The fraction of sp³-hybridized carbons (Fsp3) is 0.933. The van der Waals surface area contributed by atoms with Crippen molar-refractivity contribution in [2.24, 2.45) is 0 Å². The van der Waals surface area contributed by atoms with Gasteiger partial charge in [-0.25, -0.2) is 0 Å². The number of Topliss-reactive ketones (excluding diaryl/α,β-unsaturated/α-hetero) is 1. The smallest absolute Gasteiger partial charge is 0.149 e. The first-order valence-corrected chi connectivity index (χ1v) is 7.72. The monoisotopic (exact) mass is 254 g/mol. The Hall–Kier alpha value is -0.410. The van der Waals surface area contributed by atoms with Crippen LogP contribution in [-0.4, -0.2) is 54.3 Å². The third-order valence-corrected chi connectivity index (χ3v) is 4.18. The normalized spacial score (nSPS) is 20.9. The standard InChI is InChI=1S/C15H30N2O/c1-4-16(5-2)12-9-13-17(6-3)14-10-7-8-11-15(14)18/h14H,4-13H2,1-3H3. The molecule has 1 aliphatic carbocycles. The molecule has 0 bridgehead atoms. The van der Waals surface area contributed by atoms with E-state index in [4.69, 9.17) is 0 Å². The quantitative estimate of drug-likeness (QED) is 0.665. The first-order valence-electron chi connectivity index (χ1n) is 7.72. The minimum absolute atomic E-state index is 0.223. The van der Waals surface area contributed by atoms with Crippen LogP contribution in [0, 0.1) is 0 Å². The molecule has 1 unspecified atom stereocenters. The van der Waals surface area contributed by atoms with Gasteiger partial charge in [0, 0.05) is 13.0 Å². The molecular formula is C15H30N2O. The number of rotatable bonds is 8. The molecule has 0 amide bonds. The van der Waals surface area contributed by atoms with Gasteiger partial charge in [0.05, 0.1) is 6.04 Å². The second-order valence-electron chi connectivity index (χ2n) is 5.24. The second-order valence-corrected chi connectivity index (χ2v) is 5.24. The van der Waals surface area contributed by atoms with Crippen LogP contribution in [0.25, 0.3) is 0 Å². The highest BCUT2D eigenvalue weighted by Gasteiger charge is 2.26. The van der Waals surface area contributed by atoms with Crippen LogP contribution in [0.2, 0.25) is 0 Å². The van der Waals surface area contributed by atoms with Crippen molar-refractivity contribution in [2.75, 3.05) is 32.7 Å². The molecular weight excluding hydrogens is 224 g/mol. The number of hydrogen-bond acceptors (Lipinski definition) is 3. The molecule has 0 aromatic carbocycles. The van der Waals surface area contributed by atoms with Gasteiger partial charge in [-0.3, -0.25) is 9.69 Å². The molecule has 0 heterocycles. The van der Waals surface area contributed by atoms with Crippen molar-refractivity contribution >= 4 is 5.78 Å². The molecule has 0 N–H and O–H groups in total. The zero-order chi connectivity index (χ0) is 13.4. The van der Waals surface area contributed by atoms with Crippen molar-refractivity contribution in [3.63, 3.8) is 0 Å². The number of carbonyl (C=O) groups is 1. The van der Waals surface area contributed by atoms with E-state index in [1.165, 1.54) is 12.8 Å². The molecule has 0 radical (unpaired) electrons. The van der Waals surface area contributed by atoms with Gasteiger partial charge in [0.1, 0.15) is 5.78 Å². The highest BCUT2D eigenvalue weighted by molar-refractivity contribution is 5.84. The van der Waals surface area contributed by atoms with E-state index >= 15 is 0 Å². The van der Waals surface area contributed by atoms with Crippen LogP contribution in [0.3, 0.4) is 0 Å². The minimum atomic E-state index is 0.223. The second kappa shape index (κ2) is 8.65. The zero-order valence-corrected chi connectivity index (χ0v) is 12.5. The van der Waals surface area contributed by atoms with Crippen LogP contribution in [-0.2, 0) is 4.79 Å². The van der Waals surface area contributed by atoms with Crippen molar-refractivity contribution < 1.29 is 4.79 Å². The van der Waals surface area contributed by atoms with Crippen LogP contribution in [0.5, 0.6) is 0 Å². The molecule has 3 heteroatoms. The van der Waals surface area contributed by atoms with Crippen molar-refractivity contribution in [3.05, 3.63) is 0 Å². The van der Waals surface area contributed by atoms with E-state index in [-0.39, 0.29) is 6.04 Å². The molecule has 0 spiro atoms. The number of hydrogen-bond donors (Lipinski definition) is 0. The number of carbonyl (C=O) groups excluding carboxylic acids is 1. The van der Waals surface area contributed by atoms with E-state index in [2.05, 4.69) is 30.6 Å². The van der Waals surface area contributed by atoms with Crippen LogP contribution in [0.4, 0.5) is 0 Å². The summed E-state index contributed by atoms with van der Waals surface area (Å²) in [6.07, 6.45) is 5.39. The van der Waals surface area contributed by atoms with Crippen LogP contribution in [0.1, 0.15) is 52.9 Å². The van der Waals surface area contributed by atoms with Gasteiger partial charge in [-0.1, -0.05) is 27.2 Å². The predicted octanol–water partition coefficient (Wildman–Crippen LogP) is 2.55. The minimum Gasteiger partial charge on any atom is -0.304 e. The van der Waals surface area contributed by atoms with Gasteiger partial charge in [-0.05, 0) is 45.4 Å². The lowest BCUT2D eigenvalue weighted by Gasteiger charge is -2.32. The highest BCUT2D eigenvalue weighted by Crippen LogP contribution is 2.19. The maximum atomic E-state index is 12.0. The lowest BCUT2D eigenvalue weighted by atomic mass is 9.92. The van der Waals surface area contributed by atoms with E-state index in [1.54, 1.807) is 0 Å². The van der Waals surface area contributed by atoms with E-state index in [0.717, 1.165) is 52.0 Å². The molecule has 0 saturated heterocycles. The number of nitrogens with zero attached hydrogens (tertiary/aromatic N) is 2. The van der Waals surface area contributed by atoms with E-state index < -0.39 is 0 Å². The van der Waals surface area contributed by atoms with Gasteiger partial charge in [0.15, 0.2) is 0 Å². The third-order valence-electron chi connectivity index (χ3n) is 4.18. The lowest BCUT2D eigenvalue weighted by molar-refractivity contribution is -0.126. The summed E-state index contributed by atoms with van der Waals surface area (Å²) in [7, 11) is 0. The molecule has 0 aromatic heterocycles. The van der Waals surface area contributed by atoms with Crippen molar-refractivity contribution in [1.29, 1.82) is 0 Å². The molecule has 0 aromatic rings. The van der Waals surface area contributed by atoms with Crippen LogP contribution in [0.15, 0.2) is 0 Å². The molecule has 1 saturated carbocycles. The summed E-state index contributed by atoms with van der Waals surface area (Å²) < 4.78 is 0. The first-order chi connectivity index (χ1) is 8.72. The van der Waals surface area contributed by atoms with Crippen molar-refractivity contribution in [2.45, 2.75) is 58.9 Å². The Bertz CT molecular complexity index is 239. The highest BCUT2D eigenvalue weighted by atomic mass is 16.1. The van der Waals surface area contributed by atoms with E-state index in [1.807, 2.05) is 0 Å². The lowest BCUT2D eigenvalue weighted by Crippen LogP contribution is -2.44. The number of ketones is 1. The van der Waals surface area contributed by atoms with Gasteiger partial charge >= 0.3 is 0 Å². The summed E-state index contributed by atoms with van der Waals surface area (Å²) in [6.45, 7) is 12.1. The Morgan fingerprint density at radius 3 is 2.33 bits per heavy atom. The largest absolute Gasteiger partial charge is 0.304 e. The maximum absolute atomic E-state index is 12.0. The van der Waals surface area contributed by atoms with Gasteiger partial charge < -0.3 is 4.90 Å². The van der Waals surface area contributed by atoms with Crippen LogP contribution >= 0.6 is 0 Å². The van der Waals surface area contributed by atoms with Crippen LogP contribution < -0.4 is 0 Å². The van der Waals surface area contributed by atoms with Gasteiger partial charge in [-0.15, -0.1) is 0 Å². The SMILES string of the molecule is CCN(CC)CCCN(CC)C1CCCCC1=O. The molecule has 0 aliphatic heterocycles. The third kappa shape index (κ3) is 4.69. The maximum Gasteiger partial charge on any atom is 0.149 e. The summed E-state index contributed by atoms with van der Waals surface area (Å²) in [5.74, 6) is 0.478. The molecule has 1 fully saturated rings. The summed E-state index contributed by atoms with van der Waals surface area (Å²) >= 11 is 0. The molecule has 106 valence electrons. The topological polar surface area (TPSA) is 23.6 Å². The Morgan fingerprint density at radius 1 is 1.06 bits per heavy atom. The van der Waals surface area contributed by atoms with Crippen molar-refractivity contribution in [1.82, 2.24) is 9.80 Å². The van der Waals surface area contributed by atoms with E-state index in [0.29, 0.717) is 5.78 Å². The summed E-state index contributed by atoms with van der Waals surface area (Å²) in [6, 6.07) is 0.223. The Morgan fingerprint density at radius 2 is 1.78 bits per heavy atom. The van der Waals surface area contributed by atoms with Gasteiger partial charge in [0.2, 0.25) is 0 Å². The summed E-state index contributed by atoms with van der Waals surface area (Å²) in [5, 5.41) is 0. The molecule has 18 heavy (non-hydrogen) atoms.